The number of hydrogen-bond donors (Lipinski definition) is 0. The number of carbonyl (C=O) groups excluding carboxylic acids is 1. The molecule has 0 aliphatic heterocycles. The molecule has 6 heteroatoms. The highest BCUT2D eigenvalue weighted by Gasteiger charge is 2.21. The molecule has 3 aromatic rings. The Labute approximate surface area is 163 Å². The van der Waals surface area contributed by atoms with E-state index in [9.17, 15) is 17.6 Å². The monoisotopic (exact) mass is 397 g/mol. The molecule has 1 heterocycles. The van der Waals surface area contributed by atoms with Crippen LogP contribution in [0.2, 0.25) is 0 Å². The van der Waals surface area contributed by atoms with E-state index < -0.39 is 15.7 Å². The molecule has 0 unspecified atom stereocenters. The van der Waals surface area contributed by atoms with Crippen molar-refractivity contribution in [3.63, 3.8) is 0 Å². The van der Waals surface area contributed by atoms with Crippen LogP contribution in [0.25, 0.3) is 16.5 Å². The lowest BCUT2D eigenvalue weighted by molar-refractivity contribution is 0.0964. The van der Waals surface area contributed by atoms with Gasteiger partial charge >= 0.3 is 0 Å². The number of rotatable bonds is 3. The summed E-state index contributed by atoms with van der Waals surface area (Å²) in [6.07, 6.45) is 7.30. The number of fused-ring (bicyclic) bond motifs is 1. The van der Waals surface area contributed by atoms with Gasteiger partial charge in [-0.05, 0) is 79.8 Å². The van der Waals surface area contributed by atoms with Crippen molar-refractivity contribution >= 4 is 32.2 Å². The van der Waals surface area contributed by atoms with E-state index in [2.05, 4.69) is 6.08 Å². The SMILES string of the molecule is CS(=O)(=O)c1ccc2c(c1)cc(C1=CCCCC1)n2C(=O)c1ccc(F)cc1. The predicted molar refractivity (Wildman–Crippen MR) is 108 cm³/mol. The highest BCUT2D eigenvalue weighted by atomic mass is 32.2. The fraction of sp³-hybridized carbons (Fsp3) is 0.227. The van der Waals surface area contributed by atoms with Crippen LogP contribution >= 0.6 is 0 Å². The van der Waals surface area contributed by atoms with E-state index in [0.717, 1.165) is 37.0 Å². The van der Waals surface area contributed by atoms with E-state index in [1.807, 2.05) is 6.07 Å². The molecule has 0 amide bonds. The minimum Gasteiger partial charge on any atom is -0.276 e. The van der Waals surface area contributed by atoms with E-state index in [4.69, 9.17) is 0 Å². The first kappa shape index (κ1) is 18.6. The van der Waals surface area contributed by atoms with Gasteiger partial charge in [-0.3, -0.25) is 9.36 Å². The minimum atomic E-state index is -3.35. The molecule has 144 valence electrons. The van der Waals surface area contributed by atoms with Gasteiger partial charge < -0.3 is 0 Å². The molecule has 0 bridgehead atoms. The number of halogens is 1. The summed E-state index contributed by atoms with van der Waals surface area (Å²) in [6, 6.07) is 12.1. The zero-order valence-corrected chi connectivity index (χ0v) is 16.3. The summed E-state index contributed by atoms with van der Waals surface area (Å²) in [5, 5.41) is 0.694. The standard InChI is InChI=1S/C22H20FNO3S/c1-28(26,27)19-11-12-20-17(13-19)14-21(15-5-3-2-4-6-15)24(20)22(25)16-7-9-18(23)10-8-16/h5,7-14H,2-4,6H2,1H3. The zero-order chi connectivity index (χ0) is 19.9. The lowest BCUT2D eigenvalue weighted by Gasteiger charge is -2.15. The van der Waals surface area contributed by atoms with Crippen molar-refractivity contribution in [2.45, 2.75) is 30.6 Å². The van der Waals surface area contributed by atoms with E-state index in [1.54, 1.807) is 16.7 Å². The summed E-state index contributed by atoms with van der Waals surface area (Å²) in [6.45, 7) is 0. The maximum atomic E-state index is 13.3. The third-order valence-electron chi connectivity index (χ3n) is 5.12. The van der Waals surface area contributed by atoms with Crippen LogP contribution in [0, 0.1) is 5.82 Å². The molecular weight excluding hydrogens is 377 g/mol. The molecule has 2 aromatic carbocycles. The first-order chi connectivity index (χ1) is 13.3. The van der Waals surface area contributed by atoms with Gasteiger partial charge in [0.15, 0.2) is 9.84 Å². The molecule has 0 N–H and O–H groups in total. The van der Waals surface area contributed by atoms with Crippen molar-refractivity contribution in [1.82, 2.24) is 4.57 Å². The fourth-order valence-corrected chi connectivity index (χ4v) is 4.33. The Morgan fingerprint density at radius 1 is 1.04 bits per heavy atom. The molecule has 4 nitrogen and oxygen atoms in total. The smallest absolute Gasteiger partial charge is 0.262 e. The molecule has 0 atom stereocenters. The van der Waals surface area contributed by atoms with Crippen LogP contribution in [-0.2, 0) is 9.84 Å². The minimum absolute atomic E-state index is 0.218. The van der Waals surface area contributed by atoms with E-state index in [1.165, 1.54) is 36.6 Å². The third kappa shape index (κ3) is 3.40. The summed E-state index contributed by atoms with van der Waals surface area (Å²) in [5.74, 6) is -0.662. The molecule has 0 saturated carbocycles. The van der Waals surface area contributed by atoms with Crippen molar-refractivity contribution in [3.05, 3.63) is 71.7 Å². The van der Waals surface area contributed by atoms with Crippen LogP contribution in [0.15, 0.2) is 59.5 Å². The molecule has 0 saturated heterocycles. The Kier molecular flexibility index (Phi) is 4.67. The second kappa shape index (κ2) is 7.02. The second-order valence-electron chi connectivity index (χ2n) is 7.14. The summed E-state index contributed by atoms with van der Waals surface area (Å²) >= 11 is 0. The normalized spacial score (nSPS) is 14.9. The van der Waals surface area contributed by atoms with Crippen molar-refractivity contribution < 1.29 is 17.6 Å². The second-order valence-corrected chi connectivity index (χ2v) is 9.16. The molecule has 0 fully saturated rings. The molecule has 0 radical (unpaired) electrons. The van der Waals surface area contributed by atoms with E-state index in [-0.39, 0.29) is 10.8 Å². The summed E-state index contributed by atoms with van der Waals surface area (Å²) in [7, 11) is -3.35. The largest absolute Gasteiger partial charge is 0.276 e. The Balaban J connectivity index is 1.94. The maximum absolute atomic E-state index is 13.3. The third-order valence-corrected chi connectivity index (χ3v) is 6.23. The van der Waals surface area contributed by atoms with Crippen LogP contribution in [-0.4, -0.2) is 25.1 Å². The Bertz CT molecular complexity index is 1200. The van der Waals surface area contributed by atoms with Gasteiger partial charge in [0.25, 0.3) is 5.91 Å². The Morgan fingerprint density at radius 3 is 2.43 bits per heavy atom. The number of sulfone groups is 1. The summed E-state index contributed by atoms with van der Waals surface area (Å²) in [5.41, 5.74) is 2.88. The van der Waals surface area contributed by atoms with Crippen molar-refractivity contribution in [3.8, 4) is 0 Å². The van der Waals surface area contributed by atoms with E-state index >= 15 is 0 Å². The number of nitrogens with zero attached hydrogens (tertiary/aromatic N) is 1. The highest BCUT2D eigenvalue weighted by molar-refractivity contribution is 7.90. The molecule has 4 rings (SSSR count). The van der Waals surface area contributed by atoms with Gasteiger partial charge in [-0.2, -0.15) is 0 Å². The van der Waals surface area contributed by atoms with Gasteiger partial charge in [-0.25, -0.2) is 12.8 Å². The first-order valence-corrected chi connectivity index (χ1v) is 11.1. The number of hydrogen-bond acceptors (Lipinski definition) is 3. The quantitative estimate of drug-likeness (QED) is 0.636. The molecule has 0 spiro atoms. The van der Waals surface area contributed by atoms with Gasteiger partial charge in [0.1, 0.15) is 5.82 Å². The average molecular weight is 397 g/mol. The van der Waals surface area contributed by atoms with E-state index in [0.29, 0.717) is 16.5 Å². The number of aromatic nitrogens is 1. The number of benzene rings is 2. The van der Waals surface area contributed by atoms with Crippen LogP contribution in [0.5, 0.6) is 0 Å². The van der Waals surface area contributed by atoms with Gasteiger partial charge in [0.2, 0.25) is 0 Å². The summed E-state index contributed by atoms with van der Waals surface area (Å²) < 4.78 is 38.8. The number of allylic oxidation sites excluding steroid dienone is 2. The fourth-order valence-electron chi connectivity index (χ4n) is 3.67. The first-order valence-electron chi connectivity index (χ1n) is 9.20. The van der Waals surface area contributed by atoms with Crippen molar-refractivity contribution in [1.29, 1.82) is 0 Å². The molecular formula is C22H20FNO3S. The van der Waals surface area contributed by atoms with Crippen LogP contribution < -0.4 is 0 Å². The van der Waals surface area contributed by atoms with Gasteiger partial charge in [0.05, 0.1) is 16.1 Å². The lowest BCUT2D eigenvalue weighted by atomic mass is 9.97. The highest BCUT2D eigenvalue weighted by Crippen LogP contribution is 2.33. The lowest BCUT2D eigenvalue weighted by Crippen LogP contribution is -2.15. The van der Waals surface area contributed by atoms with Crippen LogP contribution in [0.4, 0.5) is 4.39 Å². The van der Waals surface area contributed by atoms with Gasteiger partial charge in [0, 0.05) is 17.2 Å². The topological polar surface area (TPSA) is 56.1 Å². The zero-order valence-electron chi connectivity index (χ0n) is 15.5. The Hall–Kier alpha value is -2.73. The van der Waals surface area contributed by atoms with Crippen LogP contribution in [0.1, 0.15) is 41.7 Å². The Morgan fingerprint density at radius 2 is 1.79 bits per heavy atom. The van der Waals surface area contributed by atoms with Crippen molar-refractivity contribution in [2.24, 2.45) is 0 Å². The predicted octanol–water partition coefficient (Wildman–Crippen LogP) is 4.83. The number of carbonyl (C=O) groups is 1. The maximum Gasteiger partial charge on any atom is 0.262 e. The van der Waals surface area contributed by atoms with Crippen molar-refractivity contribution in [2.75, 3.05) is 6.26 Å². The van der Waals surface area contributed by atoms with Gasteiger partial charge in [-0.15, -0.1) is 0 Å². The molecule has 1 aromatic heterocycles. The summed E-state index contributed by atoms with van der Waals surface area (Å²) in [4.78, 5) is 13.5. The molecule has 28 heavy (non-hydrogen) atoms. The molecule has 1 aliphatic rings. The van der Waals surface area contributed by atoms with Crippen LogP contribution in [0.3, 0.4) is 0 Å². The molecule has 1 aliphatic carbocycles. The average Bonchev–Trinajstić information content (AvgIpc) is 3.07. The van der Waals surface area contributed by atoms with Gasteiger partial charge in [-0.1, -0.05) is 6.08 Å².